The summed E-state index contributed by atoms with van der Waals surface area (Å²) < 4.78 is 5.15. The molecule has 0 aromatic carbocycles. The van der Waals surface area contributed by atoms with Gasteiger partial charge in [-0.3, -0.25) is 0 Å². The van der Waals surface area contributed by atoms with Gasteiger partial charge in [0, 0.05) is 6.54 Å². The van der Waals surface area contributed by atoms with E-state index < -0.39 is 5.60 Å². The highest BCUT2D eigenvalue weighted by atomic mass is 16.6. The fourth-order valence-corrected chi connectivity index (χ4v) is 1.59. The predicted octanol–water partition coefficient (Wildman–Crippen LogP) is 4.26. The molecule has 0 radical (unpaired) electrons. The van der Waals surface area contributed by atoms with E-state index in [4.69, 9.17) is 4.74 Å². The van der Waals surface area contributed by atoms with Crippen LogP contribution in [-0.2, 0) is 4.74 Å². The zero-order chi connectivity index (χ0) is 13.1. The highest BCUT2D eigenvalue weighted by molar-refractivity contribution is 5.67. The molecule has 0 aromatic heterocycles. The summed E-state index contributed by atoms with van der Waals surface area (Å²) in [6.07, 6.45) is 8.51. The average Bonchev–Trinajstić information content (AvgIpc) is 2.19. The SMILES string of the molecule is CCCCCCCCCNC(=O)OC(C)(C)C. The molecule has 0 bridgehead atoms. The maximum Gasteiger partial charge on any atom is 0.407 e. The number of hydrogen-bond donors (Lipinski definition) is 1. The minimum atomic E-state index is -0.399. The standard InChI is InChI=1S/C14H29NO2/c1-5-6-7-8-9-10-11-12-15-13(16)17-14(2,3)4/h5-12H2,1-4H3,(H,15,16). The first-order chi connectivity index (χ1) is 7.95. The highest BCUT2D eigenvalue weighted by Crippen LogP contribution is 2.07. The Kier molecular flexibility index (Phi) is 8.92. The van der Waals surface area contributed by atoms with Gasteiger partial charge in [0.2, 0.25) is 0 Å². The molecule has 0 saturated heterocycles. The normalized spacial score (nSPS) is 11.3. The van der Waals surface area contributed by atoms with Crippen LogP contribution < -0.4 is 5.32 Å². The van der Waals surface area contributed by atoms with E-state index in [-0.39, 0.29) is 6.09 Å². The van der Waals surface area contributed by atoms with Crippen LogP contribution in [0.4, 0.5) is 4.79 Å². The Labute approximate surface area is 106 Å². The van der Waals surface area contributed by atoms with Gasteiger partial charge in [-0.2, -0.15) is 0 Å². The van der Waals surface area contributed by atoms with Gasteiger partial charge in [0.05, 0.1) is 0 Å². The monoisotopic (exact) mass is 243 g/mol. The number of unbranched alkanes of at least 4 members (excludes halogenated alkanes) is 6. The van der Waals surface area contributed by atoms with Crippen molar-refractivity contribution in [1.82, 2.24) is 5.32 Å². The van der Waals surface area contributed by atoms with Gasteiger partial charge in [-0.05, 0) is 27.2 Å². The molecule has 1 N–H and O–H groups in total. The third-order valence-electron chi connectivity index (χ3n) is 2.45. The number of carbonyl (C=O) groups is 1. The van der Waals surface area contributed by atoms with Crippen LogP contribution >= 0.6 is 0 Å². The second kappa shape index (κ2) is 9.32. The van der Waals surface area contributed by atoms with E-state index in [0.717, 1.165) is 13.0 Å². The van der Waals surface area contributed by atoms with Gasteiger partial charge in [-0.15, -0.1) is 0 Å². The molecule has 0 aliphatic carbocycles. The molecule has 0 rings (SSSR count). The van der Waals surface area contributed by atoms with Crippen LogP contribution in [0, 0.1) is 0 Å². The lowest BCUT2D eigenvalue weighted by Crippen LogP contribution is -2.32. The Morgan fingerprint density at radius 2 is 1.53 bits per heavy atom. The highest BCUT2D eigenvalue weighted by Gasteiger charge is 2.15. The van der Waals surface area contributed by atoms with Crippen molar-refractivity contribution in [1.29, 1.82) is 0 Å². The number of ether oxygens (including phenoxy) is 1. The van der Waals surface area contributed by atoms with Crippen LogP contribution in [0.1, 0.15) is 72.6 Å². The molecule has 0 heterocycles. The molecule has 0 aliphatic rings. The van der Waals surface area contributed by atoms with Crippen molar-refractivity contribution in [2.24, 2.45) is 0 Å². The molecule has 0 aromatic rings. The first-order valence-electron chi connectivity index (χ1n) is 6.92. The molecule has 0 atom stereocenters. The summed E-state index contributed by atoms with van der Waals surface area (Å²) in [6.45, 7) is 8.58. The number of rotatable bonds is 8. The topological polar surface area (TPSA) is 38.3 Å². The summed E-state index contributed by atoms with van der Waals surface area (Å²) in [5, 5.41) is 2.78. The van der Waals surface area contributed by atoms with Crippen LogP contribution in [0.15, 0.2) is 0 Å². The smallest absolute Gasteiger partial charge is 0.407 e. The largest absolute Gasteiger partial charge is 0.444 e. The molecule has 102 valence electrons. The maximum atomic E-state index is 11.3. The molecule has 0 fully saturated rings. The van der Waals surface area contributed by atoms with Crippen molar-refractivity contribution < 1.29 is 9.53 Å². The lowest BCUT2D eigenvalue weighted by molar-refractivity contribution is 0.0527. The Balaban J connectivity index is 3.25. The van der Waals surface area contributed by atoms with E-state index >= 15 is 0 Å². The number of nitrogens with one attached hydrogen (secondary N) is 1. The van der Waals surface area contributed by atoms with Crippen molar-refractivity contribution >= 4 is 6.09 Å². The zero-order valence-corrected chi connectivity index (χ0v) is 12.0. The molecule has 0 saturated carbocycles. The maximum absolute atomic E-state index is 11.3. The quantitative estimate of drug-likeness (QED) is 0.647. The van der Waals surface area contributed by atoms with Gasteiger partial charge in [-0.1, -0.05) is 45.4 Å². The molecule has 0 unspecified atom stereocenters. The second-order valence-corrected chi connectivity index (χ2v) is 5.55. The van der Waals surface area contributed by atoms with Gasteiger partial charge in [0.15, 0.2) is 0 Å². The van der Waals surface area contributed by atoms with Crippen molar-refractivity contribution in [3.63, 3.8) is 0 Å². The molecule has 0 spiro atoms. The van der Waals surface area contributed by atoms with Gasteiger partial charge >= 0.3 is 6.09 Å². The van der Waals surface area contributed by atoms with Crippen molar-refractivity contribution in [3.05, 3.63) is 0 Å². The Bertz CT molecular complexity index is 197. The van der Waals surface area contributed by atoms with E-state index in [1.54, 1.807) is 0 Å². The number of amides is 1. The molecule has 0 aliphatic heterocycles. The van der Waals surface area contributed by atoms with Gasteiger partial charge < -0.3 is 10.1 Å². The molecular weight excluding hydrogens is 214 g/mol. The third kappa shape index (κ3) is 13.2. The van der Waals surface area contributed by atoms with E-state index in [2.05, 4.69) is 12.2 Å². The number of hydrogen-bond acceptors (Lipinski definition) is 2. The Morgan fingerprint density at radius 3 is 2.06 bits per heavy atom. The predicted molar refractivity (Wildman–Crippen MR) is 72.2 cm³/mol. The number of carbonyl (C=O) groups excluding carboxylic acids is 1. The van der Waals surface area contributed by atoms with Gasteiger partial charge in [0.1, 0.15) is 5.60 Å². The van der Waals surface area contributed by atoms with Gasteiger partial charge in [-0.25, -0.2) is 4.79 Å². The minimum Gasteiger partial charge on any atom is -0.444 e. The van der Waals surface area contributed by atoms with E-state index in [9.17, 15) is 4.79 Å². The lowest BCUT2D eigenvalue weighted by Gasteiger charge is -2.19. The summed E-state index contributed by atoms with van der Waals surface area (Å²) in [7, 11) is 0. The molecule has 1 amide bonds. The molecule has 17 heavy (non-hydrogen) atoms. The zero-order valence-electron chi connectivity index (χ0n) is 12.0. The summed E-state index contributed by atoms with van der Waals surface area (Å²) >= 11 is 0. The van der Waals surface area contributed by atoms with Gasteiger partial charge in [0.25, 0.3) is 0 Å². The van der Waals surface area contributed by atoms with E-state index in [1.807, 2.05) is 20.8 Å². The summed E-state index contributed by atoms with van der Waals surface area (Å²) in [5.41, 5.74) is -0.399. The average molecular weight is 243 g/mol. The number of alkyl carbamates (subject to hydrolysis) is 1. The van der Waals surface area contributed by atoms with Crippen LogP contribution in [0.2, 0.25) is 0 Å². The Morgan fingerprint density at radius 1 is 1.00 bits per heavy atom. The van der Waals surface area contributed by atoms with Crippen molar-refractivity contribution in [2.45, 2.75) is 78.2 Å². The lowest BCUT2D eigenvalue weighted by atomic mass is 10.1. The van der Waals surface area contributed by atoms with Crippen LogP contribution in [0.25, 0.3) is 0 Å². The first kappa shape index (κ1) is 16.3. The second-order valence-electron chi connectivity index (χ2n) is 5.55. The van der Waals surface area contributed by atoms with E-state index in [1.165, 1.54) is 38.5 Å². The third-order valence-corrected chi connectivity index (χ3v) is 2.45. The first-order valence-corrected chi connectivity index (χ1v) is 6.92. The summed E-state index contributed by atoms with van der Waals surface area (Å²) in [6, 6.07) is 0. The molecule has 3 heteroatoms. The summed E-state index contributed by atoms with van der Waals surface area (Å²) in [4.78, 5) is 11.3. The fraction of sp³-hybridized carbons (Fsp3) is 0.929. The molecule has 3 nitrogen and oxygen atoms in total. The van der Waals surface area contributed by atoms with Crippen LogP contribution in [0.3, 0.4) is 0 Å². The molecular formula is C14H29NO2. The summed E-state index contributed by atoms with van der Waals surface area (Å²) in [5.74, 6) is 0. The van der Waals surface area contributed by atoms with E-state index in [0.29, 0.717) is 0 Å². The van der Waals surface area contributed by atoms with Crippen LogP contribution in [0.5, 0.6) is 0 Å². The van der Waals surface area contributed by atoms with Crippen LogP contribution in [-0.4, -0.2) is 18.2 Å². The fourth-order valence-electron chi connectivity index (χ4n) is 1.59. The van der Waals surface area contributed by atoms with Crippen molar-refractivity contribution in [3.8, 4) is 0 Å². The van der Waals surface area contributed by atoms with Crippen molar-refractivity contribution in [2.75, 3.05) is 6.54 Å². The minimum absolute atomic E-state index is 0.302. The Hall–Kier alpha value is -0.730.